The van der Waals surface area contributed by atoms with Crippen LogP contribution in [0, 0.1) is 5.92 Å². The van der Waals surface area contributed by atoms with Crippen LogP contribution in [-0.2, 0) is 4.74 Å². The van der Waals surface area contributed by atoms with E-state index in [9.17, 15) is 14.7 Å². The smallest absolute Gasteiger partial charge is 0.354 e. The molecule has 2 rings (SSSR count). The molecule has 0 saturated carbocycles. The average molecular weight is 282 g/mol. The molecule has 7 heteroatoms. The van der Waals surface area contributed by atoms with Crippen LogP contribution in [0.2, 0.25) is 0 Å². The number of aliphatic hydroxyl groups excluding tert-OH is 1. The van der Waals surface area contributed by atoms with Crippen LogP contribution in [0.15, 0.2) is 10.9 Å². The van der Waals surface area contributed by atoms with Crippen LogP contribution in [-0.4, -0.2) is 31.8 Å². The SMILES string of the molecule is CCC1OC(C(C)C)c2nc(C(=O)O)cc(=O)n2C1O. The van der Waals surface area contributed by atoms with Crippen molar-refractivity contribution < 1.29 is 19.7 Å². The molecule has 7 nitrogen and oxygen atoms in total. The van der Waals surface area contributed by atoms with Crippen LogP contribution in [0.4, 0.5) is 0 Å². The highest BCUT2D eigenvalue weighted by atomic mass is 16.5. The average Bonchev–Trinajstić information content (AvgIpc) is 2.37. The second kappa shape index (κ2) is 5.34. The summed E-state index contributed by atoms with van der Waals surface area (Å²) < 4.78 is 6.89. The van der Waals surface area contributed by atoms with Crippen molar-refractivity contribution >= 4 is 5.97 Å². The second-order valence-corrected chi connectivity index (χ2v) is 5.17. The summed E-state index contributed by atoms with van der Waals surface area (Å²) in [6.07, 6.45) is -1.63. The van der Waals surface area contributed by atoms with Crippen molar-refractivity contribution in [1.82, 2.24) is 9.55 Å². The summed E-state index contributed by atoms with van der Waals surface area (Å²) in [6.45, 7) is 5.62. The van der Waals surface area contributed by atoms with E-state index < -0.39 is 30.0 Å². The summed E-state index contributed by atoms with van der Waals surface area (Å²) in [6, 6.07) is 0.921. The number of carbonyl (C=O) groups is 1. The first kappa shape index (κ1) is 14.7. The molecule has 0 bridgehead atoms. The summed E-state index contributed by atoms with van der Waals surface area (Å²) >= 11 is 0. The number of aromatic nitrogens is 2. The Balaban J connectivity index is 2.65. The Morgan fingerprint density at radius 2 is 2.20 bits per heavy atom. The Hall–Kier alpha value is -1.73. The molecule has 2 N–H and O–H groups in total. The predicted octanol–water partition coefficient (Wildman–Crippen LogP) is 0.938. The standard InChI is InChI=1S/C13H18N2O5/c1-4-8-12(17)15-9(16)5-7(13(18)19)14-11(15)10(20-8)6(2)3/h5-6,8,10,12,17H,4H2,1-3H3,(H,18,19). The monoisotopic (exact) mass is 282 g/mol. The third kappa shape index (κ3) is 2.34. The third-order valence-electron chi connectivity index (χ3n) is 3.38. The lowest BCUT2D eigenvalue weighted by Gasteiger charge is -2.37. The second-order valence-electron chi connectivity index (χ2n) is 5.17. The summed E-state index contributed by atoms with van der Waals surface area (Å²) in [7, 11) is 0. The molecule has 0 aliphatic carbocycles. The van der Waals surface area contributed by atoms with E-state index in [0.717, 1.165) is 10.6 Å². The van der Waals surface area contributed by atoms with Crippen LogP contribution in [0.3, 0.4) is 0 Å². The summed E-state index contributed by atoms with van der Waals surface area (Å²) in [5, 5.41) is 19.2. The van der Waals surface area contributed by atoms with Gasteiger partial charge in [-0.2, -0.15) is 0 Å². The molecule has 1 aliphatic rings. The summed E-state index contributed by atoms with van der Waals surface area (Å²) in [5.74, 6) is -1.11. The Bertz CT molecular complexity index is 581. The molecule has 1 aromatic rings. The lowest BCUT2D eigenvalue weighted by atomic mass is 10.0. The maximum absolute atomic E-state index is 12.1. The fourth-order valence-electron chi connectivity index (χ4n) is 2.33. The molecular formula is C13H18N2O5. The van der Waals surface area contributed by atoms with Crippen LogP contribution >= 0.6 is 0 Å². The Kier molecular flexibility index (Phi) is 3.92. The number of nitrogens with zero attached hydrogens (tertiary/aromatic N) is 2. The minimum atomic E-state index is -1.28. The number of carboxylic acids is 1. The van der Waals surface area contributed by atoms with Crippen molar-refractivity contribution in [1.29, 1.82) is 0 Å². The number of fused-ring (bicyclic) bond motifs is 1. The first-order valence-electron chi connectivity index (χ1n) is 6.57. The molecule has 3 atom stereocenters. The van der Waals surface area contributed by atoms with Gasteiger partial charge in [-0.05, 0) is 12.3 Å². The van der Waals surface area contributed by atoms with Crippen LogP contribution < -0.4 is 5.56 Å². The third-order valence-corrected chi connectivity index (χ3v) is 3.38. The highest BCUT2D eigenvalue weighted by Gasteiger charge is 2.37. The van der Waals surface area contributed by atoms with E-state index in [0.29, 0.717) is 6.42 Å². The zero-order chi connectivity index (χ0) is 15.0. The van der Waals surface area contributed by atoms with E-state index in [1.165, 1.54) is 0 Å². The number of hydrogen-bond acceptors (Lipinski definition) is 5. The normalized spacial score (nSPS) is 25.6. The minimum Gasteiger partial charge on any atom is -0.477 e. The quantitative estimate of drug-likeness (QED) is 0.855. The lowest BCUT2D eigenvalue weighted by Crippen LogP contribution is -2.44. The topological polar surface area (TPSA) is 102 Å². The zero-order valence-electron chi connectivity index (χ0n) is 11.6. The molecule has 1 aliphatic heterocycles. The van der Waals surface area contributed by atoms with Gasteiger partial charge in [0.25, 0.3) is 5.56 Å². The molecule has 3 unspecified atom stereocenters. The number of rotatable bonds is 3. The Morgan fingerprint density at radius 3 is 2.70 bits per heavy atom. The largest absolute Gasteiger partial charge is 0.477 e. The maximum atomic E-state index is 12.1. The fourth-order valence-corrected chi connectivity index (χ4v) is 2.33. The first-order chi connectivity index (χ1) is 9.36. The molecular weight excluding hydrogens is 264 g/mol. The molecule has 20 heavy (non-hydrogen) atoms. The number of aromatic carboxylic acids is 1. The first-order valence-corrected chi connectivity index (χ1v) is 6.57. The predicted molar refractivity (Wildman–Crippen MR) is 69.5 cm³/mol. The molecule has 0 spiro atoms. The molecule has 0 amide bonds. The summed E-state index contributed by atoms with van der Waals surface area (Å²) in [4.78, 5) is 27.1. The van der Waals surface area contributed by atoms with E-state index in [1.54, 1.807) is 0 Å². The van der Waals surface area contributed by atoms with Gasteiger partial charge in [-0.25, -0.2) is 9.78 Å². The van der Waals surface area contributed by atoms with Gasteiger partial charge in [-0.3, -0.25) is 9.36 Å². The number of hydrogen-bond donors (Lipinski definition) is 2. The van der Waals surface area contributed by atoms with Gasteiger partial charge in [-0.1, -0.05) is 20.8 Å². The van der Waals surface area contributed by atoms with E-state index in [1.807, 2.05) is 20.8 Å². The van der Waals surface area contributed by atoms with Crippen molar-refractivity contribution in [2.24, 2.45) is 5.92 Å². The van der Waals surface area contributed by atoms with Crippen LogP contribution in [0.1, 0.15) is 55.8 Å². The van der Waals surface area contributed by atoms with E-state index in [2.05, 4.69) is 4.98 Å². The molecule has 1 aromatic heterocycles. The van der Waals surface area contributed by atoms with Gasteiger partial charge in [-0.15, -0.1) is 0 Å². The van der Waals surface area contributed by atoms with E-state index in [4.69, 9.17) is 9.84 Å². The van der Waals surface area contributed by atoms with E-state index in [-0.39, 0.29) is 17.4 Å². The molecule has 2 heterocycles. The molecule has 0 aromatic carbocycles. The zero-order valence-corrected chi connectivity index (χ0v) is 11.6. The van der Waals surface area contributed by atoms with Crippen LogP contribution in [0.5, 0.6) is 0 Å². The molecule has 0 fully saturated rings. The van der Waals surface area contributed by atoms with Gasteiger partial charge < -0.3 is 14.9 Å². The van der Waals surface area contributed by atoms with Crippen molar-refractivity contribution in [3.05, 3.63) is 27.9 Å². The van der Waals surface area contributed by atoms with Crippen molar-refractivity contribution in [3.63, 3.8) is 0 Å². The minimum absolute atomic E-state index is 0.00116. The molecule has 0 saturated heterocycles. The number of aliphatic hydroxyl groups is 1. The molecule has 110 valence electrons. The highest BCUT2D eigenvalue weighted by Crippen LogP contribution is 2.34. The van der Waals surface area contributed by atoms with Gasteiger partial charge in [0.2, 0.25) is 0 Å². The van der Waals surface area contributed by atoms with Gasteiger partial charge in [0.1, 0.15) is 18.0 Å². The van der Waals surface area contributed by atoms with Crippen LogP contribution in [0.25, 0.3) is 0 Å². The Morgan fingerprint density at radius 1 is 1.55 bits per heavy atom. The van der Waals surface area contributed by atoms with Gasteiger partial charge in [0.05, 0.1) is 0 Å². The molecule has 0 radical (unpaired) electrons. The number of carboxylic acid groups (broad SMARTS) is 1. The highest BCUT2D eigenvalue weighted by molar-refractivity contribution is 5.85. The van der Waals surface area contributed by atoms with Gasteiger partial charge >= 0.3 is 5.97 Å². The van der Waals surface area contributed by atoms with Crippen molar-refractivity contribution in [2.75, 3.05) is 0 Å². The van der Waals surface area contributed by atoms with Gasteiger partial charge in [0.15, 0.2) is 11.9 Å². The lowest BCUT2D eigenvalue weighted by molar-refractivity contribution is -0.153. The Labute approximate surface area is 115 Å². The maximum Gasteiger partial charge on any atom is 0.354 e. The van der Waals surface area contributed by atoms with Crippen molar-refractivity contribution in [2.45, 2.75) is 45.6 Å². The summed E-state index contributed by atoms with van der Waals surface area (Å²) in [5.41, 5.74) is -0.912. The fraction of sp³-hybridized carbons (Fsp3) is 0.615. The van der Waals surface area contributed by atoms with Crippen molar-refractivity contribution in [3.8, 4) is 0 Å². The van der Waals surface area contributed by atoms with Gasteiger partial charge in [0, 0.05) is 6.07 Å². The van der Waals surface area contributed by atoms with E-state index >= 15 is 0 Å². The number of ether oxygens (including phenoxy) is 1.